The Kier molecular flexibility index (Phi) is 7.24. The van der Waals surface area contributed by atoms with E-state index in [-0.39, 0.29) is 18.2 Å². The molecule has 2 aliphatic heterocycles. The average Bonchev–Trinajstić information content (AvgIpc) is 3.52. The van der Waals surface area contributed by atoms with Crippen LogP contribution in [0.5, 0.6) is 5.75 Å². The molecule has 0 unspecified atom stereocenters. The number of tetrazole rings is 1. The second-order valence-electron chi connectivity index (χ2n) is 11.8. The molecule has 13 nitrogen and oxygen atoms in total. The minimum absolute atomic E-state index is 0.0707. The van der Waals surface area contributed by atoms with Crippen LogP contribution in [0.3, 0.4) is 0 Å². The maximum absolute atomic E-state index is 12.7. The number of aliphatic hydroxyl groups is 1. The van der Waals surface area contributed by atoms with Crippen molar-refractivity contribution in [1.82, 2.24) is 34.7 Å². The van der Waals surface area contributed by atoms with Crippen molar-refractivity contribution in [2.75, 3.05) is 23.8 Å². The Labute approximate surface area is 232 Å². The summed E-state index contributed by atoms with van der Waals surface area (Å²) < 4.78 is 8.23. The zero-order valence-electron chi connectivity index (χ0n) is 23.5. The first-order valence-corrected chi connectivity index (χ1v) is 13.5. The molecular formula is C27H36N10O3. The van der Waals surface area contributed by atoms with Gasteiger partial charge in [-0.1, -0.05) is 0 Å². The fourth-order valence-electron chi connectivity index (χ4n) is 5.72. The lowest BCUT2D eigenvalue weighted by Crippen LogP contribution is -2.55. The number of nitrogens with zero attached hydrogens (tertiary/aromatic N) is 8. The van der Waals surface area contributed by atoms with Gasteiger partial charge in [-0.05, 0) is 88.5 Å². The van der Waals surface area contributed by atoms with E-state index in [1.165, 1.54) is 26.1 Å². The van der Waals surface area contributed by atoms with E-state index < -0.39 is 11.3 Å². The Morgan fingerprint density at radius 3 is 2.80 bits per heavy atom. The number of benzene rings is 1. The first-order chi connectivity index (χ1) is 19.0. The second-order valence-corrected chi connectivity index (χ2v) is 11.8. The lowest BCUT2D eigenvalue weighted by atomic mass is 9.84. The predicted octanol–water partition coefficient (Wildman–Crippen LogP) is 2.34. The summed E-state index contributed by atoms with van der Waals surface area (Å²) in [5, 5.41) is 33.9. The van der Waals surface area contributed by atoms with E-state index in [1.54, 1.807) is 32.0 Å². The van der Waals surface area contributed by atoms with Crippen LogP contribution in [0.1, 0.15) is 58.9 Å². The van der Waals surface area contributed by atoms with E-state index in [0.29, 0.717) is 40.5 Å². The van der Waals surface area contributed by atoms with Gasteiger partial charge >= 0.3 is 5.69 Å². The Balaban J connectivity index is 1.42. The molecule has 0 spiro atoms. The van der Waals surface area contributed by atoms with Crippen molar-refractivity contribution in [3.05, 3.63) is 40.4 Å². The fraction of sp³-hybridized carbons (Fsp3) is 0.556. The van der Waals surface area contributed by atoms with Gasteiger partial charge < -0.3 is 20.5 Å². The average molecular weight is 549 g/mol. The maximum atomic E-state index is 12.7. The van der Waals surface area contributed by atoms with Crippen LogP contribution in [0.4, 0.5) is 17.5 Å². The minimum atomic E-state index is -0.893. The van der Waals surface area contributed by atoms with Gasteiger partial charge in [-0.3, -0.25) is 4.90 Å². The van der Waals surface area contributed by atoms with Gasteiger partial charge in [0.25, 0.3) is 0 Å². The first-order valence-electron chi connectivity index (χ1n) is 13.5. The van der Waals surface area contributed by atoms with Crippen molar-refractivity contribution >= 4 is 17.5 Å². The lowest BCUT2D eigenvalue weighted by Gasteiger charge is -2.47. The number of hydrogen-bond acceptors (Lipinski definition) is 11. The maximum Gasteiger partial charge on any atom is 0.368 e. The molecule has 2 atom stereocenters. The lowest BCUT2D eigenvalue weighted by molar-refractivity contribution is 0.0411. The molecular weight excluding hydrogens is 512 g/mol. The molecule has 2 fully saturated rings. The van der Waals surface area contributed by atoms with Gasteiger partial charge in [0.1, 0.15) is 34.5 Å². The molecule has 3 N–H and O–H groups in total. The number of piperidine rings is 1. The molecule has 3 aromatic rings. The van der Waals surface area contributed by atoms with Crippen LogP contribution in [0.25, 0.3) is 5.69 Å². The predicted molar refractivity (Wildman–Crippen MR) is 149 cm³/mol. The Morgan fingerprint density at radius 1 is 1.30 bits per heavy atom. The minimum Gasteiger partial charge on any atom is -0.483 e. The number of nitriles is 1. The quantitative estimate of drug-likeness (QED) is 0.379. The van der Waals surface area contributed by atoms with Crippen molar-refractivity contribution in [1.29, 1.82) is 5.26 Å². The molecule has 2 aromatic heterocycles. The number of ether oxygens (including phenoxy) is 1. The summed E-state index contributed by atoms with van der Waals surface area (Å²) in [5.74, 6) is 1.12. The van der Waals surface area contributed by atoms with E-state index in [2.05, 4.69) is 55.8 Å². The van der Waals surface area contributed by atoms with Crippen LogP contribution in [0.15, 0.2) is 29.2 Å². The summed E-state index contributed by atoms with van der Waals surface area (Å²) in [4.78, 5) is 24.3. The van der Waals surface area contributed by atoms with E-state index in [4.69, 9.17) is 4.74 Å². The Hall–Kier alpha value is -4.02. The van der Waals surface area contributed by atoms with Gasteiger partial charge in [-0.25, -0.2) is 9.78 Å². The SMILES string of the molecule is Cn1nnn(-c2cc(Nc3ncc(C#N)c(N[C@@H]4C[C@@H]5CCCN5C(C)(C)C4)n3)ccc2OC(C)(C)CO)c1=O. The fourth-order valence-corrected chi connectivity index (χ4v) is 5.72. The monoisotopic (exact) mass is 548 g/mol. The third kappa shape index (κ3) is 5.50. The van der Waals surface area contributed by atoms with Gasteiger partial charge in [0.2, 0.25) is 5.95 Å². The number of aromatic nitrogens is 6. The smallest absolute Gasteiger partial charge is 0.368 e. The van der Waals surface area contributed by atoms with Gasteiger partial charge in [0.05, 0.1) is 12.8 Å². The van der Waals surface area contributed by atoms with Crippen LogP contribution < -0.4 is 21.1 Å². The topological polar surface area (TPSA) is 159 Å². The highest BCUT2D eigenvalue weighted by atomic mass is 16.5. The van der Waals surface area contributed by atoms with E-state index in [0.717, 1.165) is 28.8 Å². The molecule has 2 aliphatic rings. The number of hydrogen-bond donors (Lipinski definition) is 3. The highest BCUT2D eigenvalue weighted by Gasteiger charge is 2.43. The van der Waals surface area contributed by atoms with Crippen LogP contribution in [0, 0.1) is 11.3 Å². The number of fused-ring (bicyclic) bond motifs is 1. The summed E-state index contributed by atoms with van der Waals surface area (Å²) in [7, 11) is 1.50. The summed E-state index contributed by atoms with van der Waals surface area (Å²) in [5.41, 5.74) is -0.00315. The summed E-state index contributed by atoms with van der Waals surface area (Å²) in [6.07, 6.45) is 5.86. The van der Waals surface area contributed by atoms with Crippen molar-refractivity contribution in [3.63, 3.8) is 0 Å². The molecule has 0 aliphatic carbocycles. The van der Waals surface area contributed by atoms with Gasteiger partial charge in [0.15, 0.2) is 0 Å². The number of anilines is 3. The Bertz CT molecular complexity index is 1490. The van der Waals surface area contributed by atoms with Crippen LogP contribution >= 0.6 is 0 Å². The van der Waals surface area contributed by atoms with E-state index in [1.807, 2.05) is 0 Å². The van der Waals surface area contributed by atoms with E-state index in [9.17, 15) is 15.2 Å². The highest BCUT2D eigenvalue weighted by Crippen LogP contribution is 2.38. The highest BCUT2D eigenvalue weighted by molar-refractivity contribution is 5.64. The molecule has 1 aromatic carbocycles. The van der Waals surface area contributed by atoms with Crippen molar-refractivity contribution in [2.45, 2.75) is 76.6 Å². The van der Waals surface area contributed by atoms with E-state index >= 15 is 0 Å². The van der Waals surface area contributed by atoms with Crippen LogP contribution in [-0.2, 0) is 7.05 Å². The molecule has 0 radical (unpaired) electrons. The molecule has 0 saturated carbocycles. The molecule has 4 heterocycles. The molecule has 0 amide bonds. The molecule has 0 bridgehead atoms. The zero-order chi connectivity index (χ0) is 28.7. The van der Waals surface area contributed by atoms with Gasteiger partial charge in [-0.15, -0.1) is 0 Å². The van der Waals surface area contributed by atoms with Crippen LogP contribution in [-0.4, -0.2) is 76.1 Å². The number of rotatable bonds is 8. The Morgan fingerprint density at radius 2 is 2.10 bits per heavy atom. The summed E-state index contributed by atoms with van der Waals surface area (Å²) in [6, 6.07) is 8.02. The molecule has 5 rings (SSSR count). The number of nitrogens with one attached hydrogen (secondary N) is 2. The first kappa shape index (κ1) is 27.5. The third-order valence-electron chi connectivity index (χ3n) is 7.64. The molecule has 212 valence electrons. The third-order valence-corrected chi connectivity index (χ3v) is 7.64. The second kappa shape index (κ2) is 10.5. The number of aliphatic hydroxyl groups excluding tert-OH is 1. The van der Waals surface area contributed by atoms with Crippen LogP contribution in [0.2, 0.25) is 0 Å². The van der Waals surface area contributed by atoms with Crippen molar-refractivity contribution in [2.24, 2.45) is 7.05 Å². The standard InChI is InChI=1S/C27H36N10O3/c1-26(2)13-19(11-20-7-6-10-36(20)26)30-23-17(14-28)15-29-24(32-23)31-18-8-9-22(40-27(3,4)16-38)21(12-18)37-25(39)35(5)33-34-37/h8-9,12,15,19-20,38H,6-7,10-11,13,16H2,1-5H3,(H2,29,30,31,32)/t19-,20+/m1/s1. The summed E-state index contributed by atoms with van der Waals surface area (Å²) >= 11 is 0. The van der Waals surface area contributed by atoms with Crippen molar-refractivity contribution < 1.29 is 9.84 Å². The molecule has 13 heteroatoms. The number of aryl methyl sites for hydroxylation is 1. The van der Waals surface area contributed by atoms with Crippen molar-refractivity contribution in [3.8, 4) is 17.5 Å². The molecule has 2 saturated heterocycles. The summed E-state index contributed by atoms with van der Waals surface area (Å²) in [6.45, 7) is 8.95. The zero-order valence-corrected chi connectivity index (χ0v) is 23.5. The normalized spacial score (nSPS) is 20.5. The molecule has 40 heavy (non-hydrogen) atoms. The largest absolute Gasteiger partial charge is 0.483 e. The van der Waals surface area contributed by atoms with Gasteiger partial charge in [0, 0.05) is 30.4 Å². The van der Waals surface area contributed by atoms with Gasteiger partial charge in [-0.2, -0.15) is 19.6 Å².